The fourth-order valence-electron chi connectivity index (χ4n) is 2.84. The second-order valence-corrected chi connectivity index (χ2v) is 6.26. The van der Waals surface area contributed by atoms with E-state index >= 15 is 0 Å². The quantitative estimate of drug-likeness (QED) is 0.440. The fraction of sp³-hybridized carbons (Fsp3) is 0.0476. The first kappa shape index (κ1) is 20.1. The smallest absolute Gasteiger partial charge is 0.459 e. The fourth-order valence-corrected chi connectivity index (χ4v) is 2.84. The molecule has 0 radical (unpaired) electrons. The van der Waals surface area contributed by atoms with E-state index in [4.69, 9.17) is 8.83 Å². The highest BCUT2D eigenvalue weighted by molar-refractivity contribution is 6.16. The number of anilines is 2. The largest absolute Gasteiger partial charge is 0.573 e. The summed E-state index contributed by atoms with van der Waals surface area (Å²) in [4.78, 5) is 25.2. The number of alkyl halides is 3. The highest BCUT2D eigenvalue weighted by atomic mass is 19.4. The second kappa shape index (κ2) is 7.90. The Morgan fingerprint density at radius 3 is 2.29 bits per heavy atom. The Morgan fingerprint density at radius 1 is 0.871 bits per heavy atom. The van der Waals surface area contributed by atoms with Crippen LogP contribution in [-0.4, -0.2) is 18.2 Å². The van der Waals surface area contributed by atoms with Crippen molar-refractivity contribution in [3.05, 3.63) is 78.4 Å². The van der Waals surface area contributed by atoms with E-state index in [9.17, 15) is 22.8 Å². The second-order valence-electron chi connectivity index (χ2n) is 6.26. The number of hydrogen-bond donors (Lipinski definition) is 2. The van der Waals surface area contributed by atoms with E-state index in [1.54, 1.807) is 30.3 Å². The zero-order valence-corrected chi connectivity index (χ0v) is 15.5. The lowest BCUT2D eigenvalue weighted by Crippen LogP contribution is -2.18. The molecule has 0 saturated carbocycles. The Morgan fingerprint density at radius 2 is 1.61 bits per heavy atom. The molecule has 0 fully saturated rings. The number of benzene rings is 2. The molecule has 2 N–H and O–H groups in total. The molecule has 4 rings (SSSR count). The Balaban J connectivity index is 1.59. The lowest BCUT2D eigenvalue weighted by Gasteiger charge is -2.10. The Labute approximate surface area is 172 Å². The van der Waals surface area contributed by atoms with Crippen LogP contribution in [0.3, 0.4) is 0 Å². The summed E-state index contributed by atoms with van der Waals surface area (Å²) in [6.45, 7) is 0. The van der Waals surface area contributed by atoms with Gasteiger partial charge in [0.1, 0.15) is 17.0 Å². The van der Waals surface area contributed by atoms with Crippen LogP contribution in [0.25, 0.3) is 11.0 Å². The number of halogens is 3. The van der Waals surface area contributed by atoms with E-state index in [1.165, 1.54) is 24.5 Å². The minimum absolute atomic E-state index is 0.0388. The number of amides is 2. The van der Waals surface area contributed by atoms with Gasteiger partial charge in [-0.2, -0.15) is 0 Å². The summed E-state index contributed by atoms with van der Waals surface area (Å²) in [7, 11) is 0. The molecule has 2 heterocycles. The molecule has 4 aromatic rings. The van der Waals surface area contributed by atoms with Crippen LogP contribution < -0.4 is 15.4 Å². The van der Waals surface area contributed by atoms with Gasteiger partial charge in [-0.3, -0.25) is 9.59 Å². The van der Waals surface area contributed by atoms with Crippen molar-refractivity contribution in [2.24, 2.45) is 0 Å². The number of carbonyl (C=O) groups is 2. The summed E-state index contributed by atoms with van der Waals surface area (Å²) in [6, 6.07) is 14.3. The van der Waals surface area contributed by atoms with Gasteiger partial charge in [-0.25, -0.2) is 0 Å². The molecule has 0 aliphatic carbocycles. The average Bonchev–Trinajstić information content (AvgIpc) is 3.37. The van der Waals surface area contributed by atoms with E-state index in [0.717, 1.165) is 12.1 Å². The highest BCUT2D eigenvalue weighted by Crippen LogP contribution is 2.32. The van der Waals surface area contributed by atoms with E-state index in [2.05, 4.69) is 15.4 Å². The van der Waals surface area contributed by atoms with Crippen molar-refractivity contribution in [1.82, 2.24) is 0 Å². The van der Waals surface area contributed by atoms with Crippen LogP contribution in [0.4, 0.5) is 24.5 Å². The minimum Gasteiger partial charge on any atom is -0.459 e. The molecule has 0 spiro atoms. The van der Waals surface area contributed by atoms with Crippen molar-refractivity contribution in [2.75, 3.05) is 10.6 Å². The van der Waals surface area contributed by atoms with Crippen molar-refractivity contribution in [3.63, 3.8) is 0 Å². The predicted molar refractivity (Wildman–Crippen MR) is 104 cm³/mol. The van der Waals surface area contributed by atoms with E-state index in [0.29, 0.717) is 11.0 Å². The van der Waals surface area contributed by atoms with Gasteiger partial charge < -0.3 is 24.2 Å². The standard InChI is InChI=1S/C21H13F3N2O5/c22-21(23,24)31-13-9-7-12(8-10-13)25-20(28)18-17(14-4-1-2-5-15(14)30-18)26-19(27)16-6-3-11-29-16/h1-11H,(H,25,28)(H,26,27). The molecule has 7 nitrogen and oxygen atoms in total. The molecule has 10 heteroatoms. The maximum Gasteiger partial charge on any atom is 0.573 e. The summed E-state index contributed by atoms with van der Waals surface area (Å²) in [5.41, 5.74) is 0.686. The molecule has 2 amide bonds. The van der Waals surface area contributed by atoms with Crippen LogP contribution in [0.15, 0.2) is 75.8 Å². The van der Waals surface area contributed by atoms with Crippen LogP contribution >= 0.6 is 0 Å². The van der Waals surface area contributed by atoms with Gasteiger partial charge >= 0.3 is 6.36 Å². The summed E-state index contributed by atoms with van der Waals surface area (Å²) in [6.07, 6.45) is -3.48. The number of fused-ring (bicyclic) bond motifs is 1. The predicted octanol–water partition coefficient (Wildman–Crippen LogP) is 5.43. The van der Waals surface area contributed by atoms with Crippen molar-refractivity contribution >= 4 is 34.2 Å². The van der Waals surface area contributed by atoms with E-state index < -0.39 is 23.9 Å². The van der Waals surface area contributed by atoms with Gasteiger partial charge in [0.15, 0.2) is 5.76 Å². The van der Waals surface area contributed by atoms with Crippen molar-refractivity contribution in [3.8, 4) is 5.75 Å². The first-order valence-electron chi connectivity index (χ1n) is 8.84. The Bertz CT molecular complexity index is 1230. The number of furan rings is 2. The van der Waals surface area contributed by atoms with Crippen molar-refractivity contribution in [2.45, 2.75) is 6.36 Å². The normalized spacial score (nSPS) is 11.3. The first-order valence-corrected chi connectivity index (χ1v) is 8.84. The van der Waals surface area contributed by atoms with E-state index in [-0.39, 0.29) is 22.9 Å². The van der Waals surface area contributed by atoms with Crippen LogP contribution in [0.5, 0.6) is 5.75 Å². The van der Waals surface area contributed by atoms with Gasteiger partial charge in [-0.1, -0.05) is 12.1 Å². The van der Waals surface area contributed by atoms with Crippen LogP contribution in [0.1, 0.15) is 21.1 Å². The molecule has 2 aromatic carbocycles. The Hall–Kier alpha value is -4.21. The van der Waals surface area contributed by atoms with Gasteiger partial charge in [0, 0.05) is 11.1 Å². The van der Waals surface area contributed by atoms with Crippen LogP contribution in [0.2, 0.25) is 0 Å². The number of ether oxygens (including phenoxy) is 1. The monoisotopic (exact) mass is 430 g/mol. The highest BCUT2D eigenvalue weighted by Gasteiger charge is 2.31. The SMILES string of the molecule is O=C(Nc1c(C(=O)Nc2ccc(OC(F)(F)F)cc2)oc2ccccc12)c1ccco1. The summed E-state index contributed by atoms with van der Waals surface area (Å²) >= 11 is 0. The maximum absolute atomic E-state index is 12.8. The number of carbonyl (C=O) groups excluding carboxylic acids is 2. The zero-order chi connectivity index (χ0) is 22.0. The van der Waals surface area contributed by atoms with Gasteiger partial charge in [-0.05, 0) is 48.5 Å². The van der Waals surface area contributed by atoms with Crippen LogP contribution in [-0.2, 0) is 0 Å². The topological polar surface area (TPSA) is 93.7 Å². The molecule has 0 atom stereocenters. The molecule has 0 bridgehead atoms. The van der Waals surface area contributed by atoms with Gasteiger partial charge in [0.25, 0.3) is 11.8 Å². The first-order chi connectivity index (χ1) is 14.8. The van der Waals surface area contributed by atoms with Gasteiger partial charge in [0.2, 0.25) is 5.76 Å². The molecule has 2 aromatic heterocycles. The molecular formula is C21H13F3N2O5. The van der Waals surface area contributed by atoms with Gasteiger partial charge in [-0.15, -0.1) is 13.2 Å². The maximum atomic E-state index is 12.8. The van der Waals surface area contributed by atoms with E-state index in [1.807, 2.05) is 0 Å². The van der Waals surface area contributed by atoms with Crippen molar-refractivity contribution in [1.29, 1.82) is 0 Å². The molecule has 158 valence electrons. The minimum atomic E-state index is -4.82. The third-order valence-corrected chi connectivity index (χ3v) is 4.13. The number of para-hydroxylation sites is 1. The van der Waals surface area contributed by atoms with Gasteiger partial charge in [0.05, 0.1) is 6.26 Å². The molecule has 0 saturated heterocycles. The lowest BCUT2D eigenvalue weighted by atomic mass is 10.2. The third-order valence-electron chi connectivity index (χ3n) is 4.13. The molecule has 0 unspecified atom stereocenters. The molecule has 31 heavy (non-hydrogen) atoms. The molecule has 0 aliphatic rings. The number of hydrogen-bond acceptors (Lipinski definition) is 5. The number of rotatable bonds is 5. The summed E-state index contributed by atoms with van der Waals surface area (Å²) < 4.78 is 51.3. The molecular weight excluding hydrogens is 417 g/mol. The average molecular weight is 430 g/mol. The summed E-state index contributed by atoms with van der Waals surface area (Å²) in [5.74, 6) is -1.87. The lowest BCUT2D eigenvalue weighted by molar-refractivity contribution is -0.274. The summed E-state index contributed by atoms with van der Waals surface area (Å²) in [5, 5.41) is 5.61. The van der Waals surface area contributed by atoms with Crippen molar-refractivity contribution < 1.29 is 36.3 Å². The third kappa shape index (κ3) is 4.53. The number of nitrogens with one attached hydrogen (secondary N) is 2. The molecule has 0 aliphatic heterocycles. The Kier molecular flexibility index (Phi) is 5.12. The van der Waals surface area contributed by atoms with Crippen LogP contribution in [0, 0.1) is 0 Å². The zero-order valence-electron chi connectivity index (χ0n) is 15.5.